The Hall–Kier alpha value is -2.15. The molecule has 1 aromatic carbocycles. The van der Waals surface area contributed by atoms with Gasteiger partial charge in [0.05, 0.1) is 30.0 Å². The minimum Gasteiger partial charge on any atom is -0.496 e. The van der Waals surface area contributed by atoms with E-state index in [1.165, 1.54) is 6.20 Å². The van der Waals surface area contributed by atoms with E-state index in [0.29, 0.717) is 5.82 Å². The number of carbonyl (C=O) groups excluding carboxylic acids is 1. The van der Waals surface area contributed by atoms with Gasteiger partial charge in [0.1, 0.15) is 17.3 Å². The molecule has 0 aliphatic carbocycles. The summed E-state index contributed by atoms with van der Waals surface area (Å²) in [7, 11) is 1.62. The first-order valence-corrected chi connectivity index (χ1v) is 7.02. The summed E-state index contributed by atoms with van der Waals surface area (Å²) in [6, 6.07) is 5.77. The van der Waals surface area contributed by atoms with Gasteiger partial charge in [0, 0.05) is 0 Å². The van der Waals surface area contributed by atoms with E-state index in [-0.39, 0.29) is 11.7 Å². The normalized spacial score (nSPS) is 11.8. The summed E-state index contributed by atoms with van der Waals surface area (Å²) in [6.07, 6.45) is 2.88. The minimum atomic E-state index is -0.606. The molecule has 110 valence electrons. The predicted octanol–water partition coefficient (Wildman–Crippen LogP) is 2.52. The fourth-order valence-electron chi connectivity index (χ4n) is 1.81. The molecular weight excluding hydrogens is 336 g/mol. The fourth-order valence-corrected chi connectivity index (χ4v) is 2.37. The molecule has 1 amide bonds. The number of halogens is 1. The van der Waals surface area contributed by atoms with Gasteiger partial charge >= 0.3 is 0 Å². The van der Waals surface area contributed by atoms with Gasteiger partial charge in [0.15, 0.2) is 0 Å². The first-order valence-electron chi connectivity index (χ1n) is 6.23. The van der Waals surface area contributed by atoms with Crippen LogP contribution in [0.2, 0.25) is 0 Å². The third-order valence-corrected chi connectivity index (χ3v) is 3.55. The summed E-state index contributed by atoms with van der Waals surface area (Å²) in [5.41, 5.74) is 6.35. The van der Waals surface area contributed by atoms with Gasteiger partial charge in [-0.05, 0) is 40.5 Å². The molecule has 3 N–H and O–H groups in total. The van der Waals surface area contributed by atoms with Gasteiger partial charge in [0.2, 0.25) is 0 Å². The monoisotopic (exact) mass is 350 g/mol. The molecule has 0 aliphatic rings. The number of ether oxygens (including phenoxy) is 1. The number of nitrogens with zero attached hydrogens (tertiary/aromatic N) is 2. The highest BCUT2D eigenvalue weighted by Gasteiger charge is 2.10. The smallest absolute Gasteiger partial charge is 0.268 e. The van der Waals surface area contributed by atoms with Crippen molar-refractivity contribution < 1.29 is 9.53 Å². The topological polar surface area (TPSA) is 90.1 Å². The van der Waals surface area contributed by atoms with Crippen LogP contribution in [-0.2, 0) is 0 Å². The van der Waals surface area contributed by atoms with E-state index in [1.54, 1.807) is 13.3 Å². The van der Waals surface area contributed by atoms with Crippen LogP contribution in [0.3, 0.4) is 0 Å². The van der Waals surface area contributed by atoms with Crippen molar-refractivity contribution >= 4 is 27.7 Å². The molecule has 0 saturated carbocycles. The third-order valence-electron chi connectivity index (χ3n) is 2.93. The molecule has 0 fully saturated rings. The number of methoxy groups -OCH3 is 1. The number of benzene rings is 1. The zero-order valence-corrected chi connectivity index (χ0v) is 13.2. The lowest BCUT2D eigenvalue weighted by Crippen LogP contribution is -2.15. The molecular formula is C14H15BrN4O2. The summed E-state index contributed by atoms with van der Waals surface area (Å²) >= 11 is 3.45. The van der Waals surface area contributed by atoms with Crippen LogP contribution in [0.25, 0.3) is 0 Å². The standard InChI is InChI=1S/C14H15BrN4O2/c1-8(9-3-4-12(21-2)10(15)5-9)18-13-7-17-6-11(19-13)14(16)20/h3-8H,1-2H3,(H2,16,20)(H,18,19). The maximum absolute atomic E-state index is 11.1. The molecule has 1 aromatic heterocycles. The zero-order valence-electron chi connectivity index (χ0n) is 11.6. The van der Waals surface area contributed by atoms with E-state index in [9.17, 15) is 4.79 Å². The number of nitrogens with one attached hydrogen (secondary N) is 1. The largest absolute Gasteiger partial charge is 0.496 e. The molecule has 7 heteroatoms. The van der Waals surface area contributed by atoms with Gasteiger partial charge in [-0.1, -0.05) is 6.07 Å². The highest BCUT2D eigenvalue weighted by atomic mass is 79.9. The molecule has 1 unspecified atom stereocenters. The molecule has 0 spiro atoms. The SMILES string of the molecule is COc1ccc(C(C)Nc2cncc(C(N)=O)n2)cc1Br. The molecule has 2 aromatic rings. The minimum absolute atomic E-state index is 0.0235. The Bertz CT molecular complexity index is 663. The molecule has 1 heterocycles. The molecule has 0 saturated heterocycles. The highest BCUT2D eigenvalue weighted by Crippen LogP contribution is 2.28. The molecule has 6 nitrogen and oxygen atoms in total. The summed E-state index contributed by atoms with van der Waals surface area (Å²) in [6.45, 7) is 1.98. The molecule has 2 rings (SSSR count). The Morgan fingerprint density at radius 2 is 2.19 bits per heavy atom. The number of nitrogens with two attached hydrogens (primary N) is 1. The van der Waals surface area contributed by atoms with E-state index in [4.69, 9.17) is 10.5 Å². The summed E-state index contributed by atoms with van der Waals surface area (Å²) in [5, 5.41) is 3.18. The highest BCUT2D eigenvalue weighted by molar-refractivity contribution is 9.10. The maximum Gasteiger partial charge on any atom is 0.268 e. The number of primary amides is 1. The Morgan fingerprint density at radius 1 is 1.43 bits per heavy atom. The van der Waals surface area contributed by atoms with Gasteiger partial charge in [0.25, 0.3) is 5.91 Å². The van der Waals surface area contributed by atoms with Crippen molar-refractivity contribution in [3.8, 4) is 5.75 Å². The molecule has 1 atom stereocenters. The third kappa shape index (κ3) is 3.69. The van der Waals surface area contributed by atoms with Crippen LogP contribution >= 0.6 is 15.9 Å². The van der Waals surface area contributed by atoms with Crippen molar-refractivity contribution in [3.63, 3.8) is 0 Å². The van der Waals surface area contributed by atoms with Gasteiger partial charge in [-0.2, -0.15) is 0 Å². The van der Waals surface area contributed by atoms with E-state index < -0.39 is 5.91 Å². The molecule has 0 aliphatic heterocycles. The number of hydrogen-bond acceptors (Lipinski definition) is 5. The number of hydrogen-bond donors (Lipinski definition) is 2. The van der Waals surface area contributed by atoms with Crippen molar-refractivity contribution in [1.29, 1.82) is 0 Å². The molecule has 21 heavy (non-hydrogen) atoms. The van der Waals surface area contributed by atoms with Crippen LogP contribution in [0.5, 0.6) is 5.75 Å². The molecule has 0 radical (unpaired) electrons. The maximum atomic E-state index is 11.1. The second-order valence-electron chi connectivity index (χ2n) is 4.41. The lowest BCUT2D eigenvalue weighted by atomic mass is 10.1. The quantitative estimate of drug-likeness (QED) is 0.864. The van der Waals surface area contributed by atoms with Crippen molar-refractivity contribution in [2.24, 2.45) is 5.73 Å². The van der Waals surface area contributed by atoms with E-state index >= 15 is 0 Å². The van der Waals surface area contributed by atoms with Gasteiger partial charge < -0.3 is 15.8 Å². The van der Waals surface area contributed by atoms with Gasteiger partial charge in [-0.3, -0.25) is 9.78 Å². The van der Waals surface area contributed by atoms with Crippen molar-refractivity contribution in [2.45, 2.75) is 13.0 Å². The van der Waals surface area contributed by atoms with Crippen LogP contribution in [0.15, 0.2) is 35.1 Å². The summed E-state index contributed by atoms with van der Waals surface area (Å²) in [5.74, 6) is 0.651. The van der Waals surface area contributed by atoms with Crippen molar-refractivity contribution in [3.05, 3.63) is 46.3 Å². The van der Waals surface area contributed by atoms with Crippen molar-refractivity contribution in [1.82, 2.24) is 9.97 Å². The van der Waals surface area contributed by atoms with Gasteiger partial charge in [-0.25, -0.2) is 4.98 Å². The second-order valence-corrected chi connectivity index (χ2v) is 5.27. The van der Waals surface area contributed by atoms with Crippen LogP contribution < -0.4 is 15.8 Å². The first-order chi connectivity index (χ1) is 10.0. The number of aromatic nitrogens is 2. The Labute approximate surface area is 130 Å². The van der Waals surface area contributed by atoms with E-state index in [1.807, 2.05) is 25.1 Å². The predicted molar refractivity (Wildman–Crippen MR) is 83.3 cm³/mol. The lowest BCUT2D eigenvalue weighted by Gasteiger charge is -2.16. The average Bonchev–Trinajstić information content (AvgIpc) is 2.47. The number of anilines is 1. The van der Waals surface area contributed by atoms with Crippen LogP contribution in [0.1, 0.15) is 29.0 Å². The number of amides is 1. The Morgan fingerprint density at radius 3 is 2.81 bits per heavy atom. The Kier molecular flexibility index (Phi) is 4.74. The van der Waals surface area contributed by atoms with Crippen LogP contribution in [0, 0.1) is 0 Å². The number of carbonyl (C=O) groups is 1. The lowest BCUT2D eigenvalue weighted by molar-refractivity contribution is 0.0995. The van der Waals surface area contributed by atoms with Crippen LogP contribution in [0.4, 0.5) is 5.82 Å². The second kappa shape index (κ2) is 6.53. The summed E-state index contributed by atoms with van der Waals surface area (Å²) < 4.78 is 6.07. The Balaban J connectivity index is 2.17. The van der Waals surface area contributed by atoms with Gasteiger partial charge in [-0.15, -0.1) is 0 Å². The van der Waals surface area contributed by atoms with Crippen LogP contribution in [-0.4, -0.2) is 23.0 Å². The number of rotatable bonds is 5. The van der Waals surface area contributed by atoms with E-state index in [0.717, 1.165) is 15.8 Å². The molecule has 0 bridgehead atoms. The zero-order chi connectivity index (χ0) is 15.4. The van der Waals surface area contributed by atoms with E-state index in [2.05, 4.69) is 31.2 Å². The van der Waals surface area contributed by atoms with Crippen molar-refractivity contribution in [2.75, 3.05) is 12.4 Å². The average molecular weight is 351 g/mol. The summed E-state index contributed by atoms with van der Waals surface area (Å²) in [4.78, 5) is 19.1. The first kappa shape index (κ1) is 15.2. The fraction of sp³-hybridized carbons (Fsp3) is 0.214.